The second-order valence-corrected chi connectivity index (χ2v) is 13.9. The number of fused-ring (bicyclic) bond motifs is 2. The summed E-state index contributed by atoms with van der Waals surface area (Å²) in [6, 6.07) is 5.19. The van der Waals surface area contributed by atoms with E-state index in [4.69, 9.17) is 29.2 Å². The van der Waals surface area contributed by atoms with Crippen molar-refractivity contribution < 1.29 is 66.6 Å². The number of carbonyl (C=O) groups excluding carboxylic acids is 2. The molecule has 0 aliphatic carbocycles. The second kappa shape index (κ2) is 13.9. The molecule has 0 saturated heterocycles. The predicted molar refractivity (Wildman–Crippen MR) is 160 cm³/mol. The summed E-state index contributed by atoms with van der Waals surface area (Å²) >= 11 is 1.84. The van der Waals surface area contributed by atoms with Crippen molar-refractivity contribution in [2.45, 2.75) is 25.7 Å². The number of halogens is 2. The molecular formula is C28H25F2O12PS2. The van der Waals surface area contributed by atoms with Crippen molar-refractivity contribution in [3.05, 3.63) is 45.7 Å². The fourth-order valence-corrected chi connectivity index (χ4v) is 6.94. The van der Waals surface area contributed by atoms with Crippen LogP contribution in [0.5, 0.6) is 23.0 Å². The lowest BCUT2D eigenvalue weighted by Crippen LogP contribution is -2.09. The summed E-state index contributed by atoms with van der Waals surface area (Å²) in [6.45, 7) is 0. The summed E-state index contributed by atoms with van der Waals surface area (Å²) in [5.41, 5.74) is 0. The van der Waals surface area contributed by atoms with Crippen LogP contribution >= 0.6 is 30.0 Å². The lowest BCUT2D eigenvalue weighted by Gasteiger charge is -2.17. The van der Waals surface area contributed by atoms with Crippen LogP contribution in [0.25, 0.3) is 20.2 Å². The molecule has 2 aromatic heterocycles. The normalized spacial score (nSPS) is 11.5. The summed E-state index contributed by atoms with van der Waals surface area (Å²) in [4.78, 5) is 57.0. The minimum atomic E-state index is -4.41. The number of benzene rings is 2. The number of methoxy groups -OCH3 is 2. The van der Waals surface area contributed by atoms with Crippen LogP contribution in [0.1, 0.15) is 45.0 Å². The molecule has 0 amide bonds. The molecule has 4 aromatic rings. The molecule has 2 heterocycles. The molecule has 0 fully saturated rings. The second-order valence-electron chi connectivity index (χ2n) is 9.52. The minimum Gasteiger partial charge on any atom is -0.493 e. The van der Waals surface area contributed by atoms with Gasteiger partial charge in [0.25, 0.3) is 7.37 Å². The Kier molecular flexibility index (Phi) is 10.4. The third kappa shape index (κ3) is 7.76. The first kappa shape index (κ1) is 33.8. The lowest BCUT2D eigenvalue weighted by atomic mass is 10.1. The van der Waals surface area contributed by atoms with Crippen molar-refractivity contribution in [3.63, 3.8) is 0 Å². The Morgan fingerprint density at radius 1 is 0.711 bits per heavy atom. The van der Waals surface area contributed by atoms with Gasteiger partial charge >= 0.3 is 11.9 Å². The molecule has 3 N–H and O–H groups in total. The fourth-order valence-electron chi connectivity index (χ4n) is 4.10. The number of carboxylic acids is 2. The zero-order chi connectivity index (χ0) is 33.1. The number of hydrogen-bond acceptors (Lipinski definition) is 11. The smallest absolute Gasteiger partial charge is 0.303 e. The number of hydrogen-bond donors (Lipinski definition) is 3. The summed E-state index contributed by atoms with van der Waals surface area (Å²) < 4.78 is 65.5. The van der Waals surface area contributed by atoms with Crippen LogP contribution < -0.4 is 18.9 Å². The molecule has 4 rings (SSSR count). The summed E-state index contributed by atoms with van der Waals surface area (Å²) in [6.07, 6.45) is -3.31. The van der Waals surface area contributed by atoms with Crippen molar-refractivity contribution in [1.82, 2.24) is 0 Å². The van der Waals surface area contributed by atoms with Gasteiger partial charge in [-0.05, 0) is 12.1 Å². The zero-order valence-electron chi connectivity index (χ0n) is 23.6. The molecule has 0 aliphatic heterocycles. The molecule has 0 unspecified atom stereocenters. The highest BCUT2D eigenvalue weighted by Crippen LogP contribution is 2.47. The molecule has 240 valence electrons. The van der Waals surface area contributed by atoms with Crippen molar-refractivity contribution >= 4 is 73.7 Å². The van der Waals surface area contributed by atoms with E-state index in [-0.39, 0.29) is 44.9 Å². The van der Waals surface area contributed by atoms with Gasteiger partial charge in [-0.2, -0.15) is 0 Å². The van der Waals surface area contributed by atoms with Crippen LogP contribution in [0, 0.1) is 11.6 Å². The van der Waals surface area contributed by atoms with Crippen LogP contribution in [0.15, 0.2) is 24.3 Å². The van der Waals surface area contributed by atoms with Gasteiger partial charge in [0, 0.05) is 45.1 Å². The summed E-state index contributed by atoms with van der Waals surface area (Å²) in [7, 11) is -1.98. The van der Waals surface area contributed by atoms with Gasteiger partial charge in [-0.25, -0.2) is 8.78 Å². The number of Topliss-reactive ketones (excluding diaryl/α,β-unsaturated/α-hetero) is 2. The number of thiophene rings is 2. The summed E-state index contributed by atoms with van der Waals surface area (Å²) in [5, 5.41) is 17.5. The molecule has 0 bridgehead atoms. The Labute approximate surface area is 261 Å². The molecule has 17 heteroatoms. The molecule has 45 heavy (non-hydrogen) atoms. The largest absolute Gasteiger partial charge is 0.493 e. The average molecular weight is 687 g/mol. The third-order valence-electron chi connectivity index (χ3n) is 6.31. The molecule has 0 saturated carbocycles. The highest BCUT2D eigenvalue weighted by Gasteiger charge is 2.28. The maximum atomic E-state index is 15.5. The van der Waals surface area contributed by atoms with E-state index in [9.17, 15) is 28.6 Å². The van der Waals surface area contributed by atoms with Gasteiger partial charge < -0.3 is 34.1 Å². The van der Waals surface area contributed by atoms with E-state index in [1.54, 1.807) is 0 Å². The van der Waals surface area contributed by atoms with Crippen molar-refractivity contribution in [3.8, 4) is 23.0 Å². The topological polar surface area (TPSA) is 183 Å². The number of aliphatic carboxylic acids is 2. The average Bonchev–Trinajstić information content (AvgIpc) is 3.62. The van der Waals surface area contributed by atoms with E-state index in [1.165, 1.54) is 38.5 Å². The molecule has 2 aromatic carbocycles. The number of carboxylic acid groups (broad SMARTS) is 2. The van der Waals surface area contributed by atoms with E-state index < -0.39 is 79.5 Å². The first-order valence-corrected chi connectivity index (χ1v) is 16.6. The first-order chi connectivity index (χ1) is 21.2. The monoisotopic (exact) mass is 686 g/mol. The molecular weight excluding hydrogens is 661 g/mol. The Bertz CT molecular complexity index is 1740. The molecule has 12 nitrogen and oxygen atoms in total. The van der Waals surface area contributed by atoms with E-state index in [2.05, 4.69) is 0 Å². The minimum absolute atomic E-state index is 0.0461. The van der Waals surface area contributed by atoms with E-state index in [1.807, 2.05) is 0 Å². The van der Waals surface area contributed by atoms with Gasteiger partial charge in [0.1, 0.15) is 0 Å². The van der Waals surface area contributed by atoms with Crippen molar-refractivity contribution in [1.29, 1.82) is 0 Å². The van der Waals surface area contributed by atoms with Crippen LogP contribution in [0.4, 0.5) is 8.78 Å². The number of ketones is 2. The number of ether oxygens (including phenoxy) is 4. The highest BCUT2D eigenvalue weighted by atomic mass is 32.1. The Morgan fingerprint density at radius 3 is 1.42 bits per heavy atom. The van der Waals surface area contributed by atoms with Crippen molar-refractivity contribution in [2.75, 3.05) is 26.9 Å². The standard InChI is InChI=1S/C28H25F2O12PS2/c1-39-17-9-19-13(7-21(44-19)15(31)3-5-23(33)34)25(29)27(17)41-11-43(37,38)12-42-28-18(40-2)10-20-14(26(28)30)8-22(45-20)16(32)4-6-24(35)36/h7-10H,3-6,11-12H2,1-2H3,(H,33,34)(H,35,36)(H,37,38). The fraction of sp³-hybridized carbons (Fsp3) is 0.286. The predicted octanol–water partition coefficient (Wildman–Crippen LogP) is 6.15. The van der Waals surface area contributed by atoms with Crippen molar-refractivity contribution in [2.24, 2.45) is 0 Å². The Balaban J connectivity index is 1.52. The van der Waals surface area contributed by atoms with Gasteiger partial charge in [0.05, 0.1) is 36.8 Å². The molecule has 0 aliphatic rings. The van der Waals surface area contributed by atoms with E-state index in [0.717, 1.165) is 22.7 Å². The van der Waals surface area contributed by atoms with Gasteiger partial charge in [-0.1, -0.05) is 0 Å². The van der Waals surface area contributed by atoms with Crippen LogP contribution in [-0.2, 0) is 14.2 Å². The SMILES string of the molecule is COc1cc2sc(C(=O)CCC(=O)O)cc2c(F)c1OCP(=O)(O)COc1c(OC)cc2sc(C(=O)CCC(=O)O)cc2c1F. The van der Waals surface area contributed by atoms with Crippen LogP contribution in [0.2, 0.25) is 0 Å². The quantitative estimate of drug-likeness (QED) is 0.0904. The third-order valence-corrected chi connectivity index (χ3v) is 9.62. The maximum absolute atomic E-state index is 15.5. The van der Waals surface area contributed by atoms with Crippen LogP contribution in [0.3, 0.4) is 0 Å². The Morgan fingerprint density at radius 2 is 1.09 bits per heavy atom. The van der Waals surface area contributed by atoms with Crippen LogP contribution in [-0.4, -0.2) is 65.5 Å². The molecule has 0 radical (unpaired) electrons. The van der Waals surface area contributed by atoms with Gasteiger partial charge in [-0.3, -0.25) is 23.7 Å². The lowest BCUT2D eigenvalue weighted by molar-refractivity contribution is -0.137. The zero-order valence-corrected chi connectivity index (χ0v) is 26.1. The van der Waals surface area contributed by atoms with Gasteiger partial charge in [0.15, 0.2) is 58.9 Å². The number of carbonyl (C=O) groups is 4. The van der Waals surface area contributed by atoms with E-state index in [0.29, 0.717) is 9.40 Å². The van der Waals surface area contributed by atoms with E-state index >= 15 is 8.78 Å². The van der Waals surface area contributed by atoms with Gasteiger partial charge in [-0.15, -0.1) is 22.7 Å². The maximum Gasteiger partial charge on any atom is 0.303 e. The molecule has 0 atom stereocenters. The Hall–Kier alpha value is -4.11. The van der Waals surface area contributed by atoms with Gasteiger partial charge in [0.2, 0.25) is 0 Å². The molecule has 0 spiro atoms. The highest BCUT2D eigenvalue weighted by molar-refractivity contribution is 7.57. The summed E-state index contributed by atoms with van der Waals surface area (Å²) in [5.74, 6) is -6.61. The first-order valence-electron chi connectivity index (χ1n) is 12.9. The number of rotatable bonds is 16.